The maximum atomic E-state index is 2.67. The highest BCUT2D eigenvalue weighted by Crippen LogP contribution is 2.62. The molecule has 7 aliphatic rings. The highest BCUT2D eigenvalue weighted by atomic mass is 15.2. The Morgan fingerprint density at radius 1 is 0.769 bits per heavy atom. The predicted molar refractivity (Wildman–Crippen MR) is 218 cm³/mol. The van der Waals surface area contributed by atoms with E-state index >= 15 is 0 Å². The molecular weight excluding hydrogens is 629 g/mol. The van der Waals surface area contributed by atoms with E-state index in [1.54, 1.807) is 0 Å². The maximum Gasteiger partial charge on any atom is 0.0655 e. The van der Waals surface area contributed by atoms with Crippen molar-refractivity contribution in [2.24, 2.45) is 23.2 Å². The number of allylic oxidation sites excluding steroid dienone is 10. The molecule has 0 saturated heterocycles. The summed E-state index contributed by atoms with van der Waals surface area (Å²) >= 11 is 0. The lowest BCUT2D eigenvalue weighted by Gasteiger charge is -2.41. The van der Waals surface area contributed by atoms with E-state index in [0.717, 1.165) is 43.4 Å². The second kappa shape index (κ2) is 12.0. The summed E-state index contributed by atoms with van der Waals surface area (Å²) in [6, 6.07) is 30.2. The van der Waals surface area contributed by atoms with Gasteiger partial charge in [-0.2, -0.15) is 0 Å². The third kappa shape index (κ3) is 4.89. The number of rotatable bonds is 6. The zero-order valence-electron chi connectivity index (χ0n) is 31.1. The smallest absolute Gasteiger partial charge is 0.0655 e. The van der Waals surface area contributed by atoms with Crippen LogP contribution in [0.1, 0.15) is 76.8 Å². The molecule has 262 valence electrons. The fourth-order valence-corrected chi connectivity index (χ4v) is 11.6. The summed E-state index contributed by atoms with van der Waals surface area (Å²) in [6.45, 7) is 7.39. The van der Waals surface area contributed by atoms with Gasteiger partial charge in [0.25, 0.3) is 0 Å². The van der Waals surface area contributed by atoms with Gasteiger partial charge in [0.15, 0.2) is 0 Å². The molecule has 52 heavy (non-hydrogen) atoms. The van der Waals surface area contributed by atoms with Crippen LogP contribution in [0.25, 0.3) is 0 Å². The van der Waals surface area contributed by atoms with Crippen LogP contribution < -0.4 is 9.80 Å². The molecule has 2 saturated carbocycles. The Labute approximate surface area is 311 Å². The van der Waals surface area contributed by atoms with E-state index in [-0.39, 0.29) is 22.9 Å². The van der Waals surface area contributed by atoms with Gasteiger partial charge < -0.3 is 9.80 Å². The molecule has 2 nitrogen and oxygen atoms in total. The van der Waals surface area contributed by atoms with Crippen molar-refractivity contribution in [3.05, 3.63) is 174 Å². The topological polar surface area (TPSA) is 6.48 Å². The summed E-state index contributed by atoms with van der Waals surface area (Å²) in [6.07, 6.45) is 35.5. The molecule has 3 aromatic carbocycles. The minimum absolute atomic E-state index is 0.0378. The molecule has 3 aromatic rings. The van der Waals surface area contributed by atoms with Crippen molar-refractivity contribution < 1.29 is 0 Å². The van der Waals surface area contributed by atoms with E-state index in [4.69, 9.17) is 0 Å². The SMILES string of the molecule is CC1(c2ccccc2)CC=C(N(c2ccc(N3c4ccccc4C4(C)C=CC=CC34)cc2)C2C=CC(C3=CC4(C)C5CCC(C5)C4C=C3)=CC2)CC1. The Morgan fingerprint density at radius 2 is 1.58 bits per heavy atom. The first-order chi connectivity index (χ1) is 25.3. The van der Waals surface area contributed by atoms with Gasteiger partial charge in [0.2, 0.25) is 0 Å². The largest absolute Gasteiger partial charge is 0.338 e. The molecule has 0 N–H and O–H groups in total. The summed E-state index contributed by atoms with van der Waals surface area (Å²) in [5.41, 5.74) is 11.5. The van der Waals surface area contributed by atoms with E-state index < -0.39 is 0 Å². The van der Waals surface area contributed by atoms with Crippen LogP contribution in [0.4, 0.5) is 17.1 Å². The molecule has 0 amide bonds. The first-order valence-corrected chi connectivity index (χ1v) is 20.0. The molecule has 0 spiro atoms. The lowest BCUT2D eigenvalue weighted by Crippen LogP contribution is -2.39. The van der Waals surface area contributed by atoms with Gasteiger partial charge in [-0.1, -0.05) is 129 Å². The molecule has 8 unspecified atom stereocenters. The van der Waals surface area contributed by atoms with Crippen molar-refractivity contribution >= 4 is 17.1 Å². The van der Waals surface area contributed by atoms with Gasteiger partial charge in [0.1, 0.15) is 0 Å². The van der Waals surface area contributed by atoms with Crippen LogP contribution in [-0.2, 0) is 10.8 Å². The van der Waals surface area contributed by atoms with Crippen LogP contribution in [0, 0.1) is 23.2 Å². The van der Waals surface area contributed by atoms with Crippen molar-refractivity contribution in [2.75, 3.05) is 9.80 Å². The first kappa shape index (κ1) is 32.1. The Balaban J connectivity index is 0.967. The van der Waals surface area contributed by atoms with E-state index in [2.05, 4.69) is 176 Å². The Hall–Kier alpha value is -4.56. The molecule has 2 bridgehead atoms. The molecule has 10 rings (SSSR count). The molecule has 8 atom stereocenters. The monoisotopic (exact) mass is 680 g/mol. The van der Waals surface area contributed by atoms with Crippen molar-refractivity contribution in [1.82, 2.24) is 0 Å². The molecule has 0 aromatic heterocycles. The van der Waals surface area contributed by atoms with Gasteiger partial charge in [-0.15, -0.1) is 0 Å². The zero-order chi connectivity index (χ0) is 35.1. The summed E-state index contributed by atoms with van der Waals surface area (Å²) < 4.78 is 0. The van der Waals surface area contributed by atoms with E-state index in [1.807, 2.05) is 0 Å². The van der Waals surface area contributed by atoms with Gasteiger partial charge in [-0.3, -0.25) is 0 Å². The predicted octanol–water partition coefficient (Wildman–Crippen LogP) is 12.2. The summed E-state index contributed by atoms with van der Waals surface area (Å²) in [5, 5.41) is 0. The Kier molecular flexibility index (Phi) is 7.40. The van der Waals surface area contributed by atoms with Crippen molar-refractivity contribution in [3.63, 3.8) is 0 Å². The maximum absolute atomic E-state index is 2.67. The van der Waals surface area contributed by atoms with Gasteiger partial charge >= 0.3 is 0 Å². The van der Waals surface area contributed by atoms with Crippen LogP contribution in [-0.4, -0.2) is 12.1 Å². The Morgan fingerprint density at radius 3 is 2.37 bits per heavy atom. The van der Waals surface area contributed by atoms with Crippen LogP contribution in [0.5, 0.6) is 0 Å². The average Bonchev–Trinajstić information content (AvgIpc) is 3.86. The lowest BCUT2D eigenvalue weighted by atomic mass is 9.64. The van der Waals surface area contributed by atoms with Gasteiger partial charge in [-0.05, 0) is 133 Å². The third-order valence-electron chi connectivity index (χ3n) is 14.7. The highest BCUT2D eigenvalue weighted by Gasteiger charge is 2.54. The summed E-state index contributed by atoms with van der Waals surface area (Å²) in [7, 11) is 0. The standard InChI is InChI=1S/C50H52N2/c1-48(38-11-5-4-6-12-38)31-28-43(29-32-48)51(40-21-17-35(18-22-40)37-19-27-44-36-16-20-39(33-36)50(44,3)34-37)41-23-25-42(26-24-41)52-46-14-8-7-13-45(46)49(2)30-10-9-15-47(49)52/h4-15,17-19,21,23-28,30,34,36,39-40,44,47H,16,20,22,29,31-33H2,1-3H3. The Bertz CT molecular complexity index is 2110. The van der Waals surface area contributed by atoms with Crippen LogP contribution in [0.15, 0.2) is 163 Å². The average molecular weight is 681 g/mol. The minimum atomic E-state index is -0.0378. The first-order valence-electron chi connectivity index (χ1n) is 20.0. The van der Waals surface area contributed by atoms with Crippen molar-refractivity contribution in [2.45, 2.75) is 88.6 Å². The fourth-order valence-electron chi connectivity index (χ4n) is 11.6. The number of benzene rings is 3. The van der Waals surface area contributed by atoms with Gasteiger partial charge in [0, 0.05) is 28.2 Å². The van der Waals surface area contributed by atoms with Crippen LogP contribution >= 0.6 is 0 Å². The van der Waals surface area contributed by atoms with Crippen LogP contribution in [0.3, 0.4) is 0 Å². The van der Waals surface area contributed by atoms with Crippen molar-refractivity contribution in [3.8, 4) is 0 Å². The molecule has 1 heterocycles. The van der Waals surface area contributed by atoms with Crippen LogP contribution in [0.2, 0.25) is 0 Å². The number of nitrogens with zero attached hydrogens (tertiary/aromatic N) is 2. The number of hydrogen-bond donors (Lipinski definition) is 0. The molecule has 0 radical (unpaired) electrons. The minimum Gasteiger partial charge on any atom is -0.338 e. The second-order valence-electron chi connectivity index (χ2n) is 17.5. The summed E-state index contributed by atoms with van der Waals surface area (Å²) in [4.78, 5) is 5.22. The zero-order valence-corrected chi connectivity index (χ0v) is 31.1. The molecule has 2 fully saturated rings. The van der Waals surface area contributed by atoms with Gasteiger partial charge in [-0.25, -0.2) is 0 Å². The number of fused-ring (bicyclic) bond motifs is 8. The highest BCUT2D eigenvalue weighted by molar-refractivity contribution is 5.78. The number of anilines is 3. The summed E-state index contributed by atoms with van der Waals surface area (Å²) in [5.74, 6) is 2.50. The second-order valence-corrected chi connectivity index (χ2v) is 17.5. The van der Waals surface area contributed by atoms with Crippen molar-refractivity contribution in [1.29, 1.82) is 0 Å². The number of hydrogen-bond acceptors (Lipinski definition) is 2. The lowest BCUT2D eigenvalue weighted by molar-refractivity contribution is 0.192. The number of para-hydroxylation sites is 1. The normalized spacial score (nSPS) is 35.1. The van der Waals surface area contributed by atoms with E-state index in [9.17, 15) is 0 Å². The molecule has 2 heteroatoms. The quantitative estimate of drug-likeness (QED) is 0.256. The third-order valence-corrected chi connectivity index (χ3v) is 14.7. The molecule has 1 aliphatic heterocycles. The van der Waals surface area contributed by atoms with E-state index in [1.165, 1.54) is 64.3 Å². The fraction of sp³-hybridized carbons (Fsp3) is 0.360. The molecule has 6 aliphatic carbocycles. The van der Waals surface area contributed by atoms with E-state index in [0.29, 0.717) is 5.41 Å². The molecular formula is C50H52N2. The van der Waals surface area contributed by atoms with Gasteiger partial charge in [0.05, 0.1) is 12.1 Å².